The molecule has 0 aliphatic rings. The van der Waals surface area contributed by atoms with Crippen molar-refractivity contribution in [1.29, 1.82) is 0 Å². The third kappa shape index (κ3) is 12.2. The fraction of sp³-hybridized carbons (Fsp3) is 0.688. The summed E-state index contributed by atoms with van der Waals surface area (Å²) in [5, 5.41) is 0. The average Bonchev–Trinajstić information content (AvgIpc) is 2.45. The SMILES string of the molecule is CCOP(=O)(OCC)OC/C(C)=C/CC/C(C)=C/COC(C)=O. The van der Waals surface area contributed by atoms with E-state index < -0.39 is 7.82 Å². The molecule has 0 unspecified atom stereocenters. The molecule has 134 valence electrons. The van der Waals surface area contributed by atoms with Gasteiger partial charge in [0.25, 0.3) is 0 Å². The molecule has 0 fully saturated rings. The van der Waals surface area contributed by atoms with Gasteiger partial charge >= 0.3 is 13.8 Å². The highest BCUT2D eigenvalue weighted by Gasteiger charge is 2.24. The molecule has 0 aromatic rings. The number of carbonyl (C=O) groups excluding carboxylic acids is 1. The summed E-state index contributed by atoms with van der Waals surface area (Å²) in [6, 6.07) is 0. The average molecular weight is 348 g/mol. The molecule has 0 spiro atoms. The maximum Gasteiger partial charge on any atom is 0.475 e. The van der Waals surface area contributed by atoms with Gasteiger partial charge in [-0.25, -0.2) is 4.57 Å². The lowest BCUT2D eigenvalue weighted by atomic mass is 10.1. The number of allylic oxidation sites excluding steroid dienone is 2. The molecule has 6 nitrogen and oxygen atoms in total. The predicted octanol–water partition coefficient (Wildman–Crippen LogP) is 4.42. The lowest BCUT2D eigenvalue weighted by molar-refractivity contribution is -0.139. The van der Waals surface area contributed by atoms with Crippen molar-refractivity contribution in [3.05, 3.63) is 23.3 Å². The van der Waals surface area contributed by atoms with E-state index in [1.807, 2.05) is 26.0 Å². The van der Waals surface area contributed by atoms with Crippen molar-refractivity contribution in [3.8, 4) is 0 Å². The maximum absolute atomic E-state index is 12.1. The number of esters is 1. The zero-order valence-electron chi connectivity index (χ0n) is 14.8. The number of carbonyl (C=O) groups is 1. The van der Waals surface area contributed by atoms with Crippen LogP contribution in [0.15, 0.2) is 23.3 Å². The quantitative estimate of drug-likeness (QED) is 0.295. The number of hydrogen-bond donors (Lipinski definition) is 0. The molecule has 0 aliphatic heterocycles. The van der Waals surface area contributed by atoms with Gasteiger partial charge in [-0.2, -0.15) is 0 Å². The van der Waals surface area contributed by atoms with E-state index in [4.69, 9.17) is 18.3 Å². The molecular formula is C16H29O6P. The highest BCUT2D eigenvalue weighted by Crippen LogP contribution is 2.49. The van der Waals surface area contributed by atoms with Gasteiger partial charge in [-0.15, -0.1) is 0 Å². The molecule has 0 bridgehead atoms. The lowest BCUT2D eigenvalue weighted by Gasteiger charge is -2.16. The van der Waals surface area contributed by atoms with Gasteiger partial charge in [0.15, 0.2) is 0 Å². The van der Waals surface area contributed by atoms with Crippen LogP contribution in [-0.2, 0) is 27.7 Å². The molecule has 0 heterocycles. The highest BCUT2D eigenvalue weighted by molar-refractivity contribution is 7.48. The van der Waals surface area contributed by atoms with Gasteiger partial charge < -0.3 is 4.74 Å². The Hall–Kier alpha value is -0.940. The van der Waals surface area contributed by atoms with Crippen molar-refractivity contribution in [3.63, 3.8) is 0 Å². The standard InChI is InChI=1S/C16H29O6P/c1-6-20-23(18,21-7-2)22-13-15(4)10-8-9-14(3)11-12-19-16(5)17/h10-11H,6-9,12-13H2,1-5H3/b14-11+,15-10+. The van der Waals surface area contributed by atoms with Gasteiger partial charge in [-0.1, -0.05) is 17.2 Å². The molecule has 0 saturated carbocycles. The molecule has 0 aliphatic carbocycles. The van der Waals surface area contributed by atoms with E-state index in [1.165, 1.54) is 6.92 Å². The first-order valence-electron chi connectivity index (χ1n) is 7.81. The van der Waals surface area contributed by atoms with Crippen molar-refractivity contribution in [2.75, 3.05) is 26.4 Å². The van der Waals surface area contributed by atoms with Crippen molar-refractivity contribution in [2.24, 2.45) is 0 Å². The van der Waals surface area contributed by atoms with Crippen molar-refractivity contribution in [2.45, 2.75) is 47.5 Å². The van der Waals surface area contributed by atoms with Crippen LogP contribution in [-0.4, -0.2) is 32.4 Å². The molecule has 0 saturated heterocycles. The smallest absolute Gasteiger partial charge is 0.462 e. The minimum Gasteiger partial charge on any atom is -0.462 e. The largest absolute Gasteiger partial charge is 0.475 e. The lowest BCUT2D eigenvalue weighted by Crippen LogP contribution is -2.02. The Kier molecular flexibility index (Phi) is 12.0. The summed E-state index contributed by atoms with van der Waals surface area (Å²) in [6.07, 6.45) is 5.59. The van der Waals surface area contributed by atoms with Crippen LogP contribution in [0.2, 0.25) is 0 Å². The Labute approximate surface area is 139 Å². The van der Waals surface area contributed by atoms with Gasteiger partial charge in [-0.3, -0.25) is 18.4 Å². The third-order valence-electron chi connectivity index (χ3n) is 2.77. The van der Waals surface area contributed by atoms with Crippen molar-refractivity contribution in [1.82, 2.24) is 0 Å². The highest BCUT2D eigenvalue weighted by atomic mass is 31.2. The van der Waals surface area contributed by atoms with Crippen LogP contribution in [0.3, 0.4) is 0 Å². The monoisotopic (exact) mass is 348 g/mol. The van der Waals surface area contributed by atoms with E-state index in [-0.39, 0.29) is 25.8 Å². The Morgan fingerprint density at radius 1 is 0.957 bits per heavy atom. The number of rotatable bonds is 12. The second-order valence-corrected chi connectivity index (χ2v) is 6.67. The van der Waals surface area contributed by atoms with E-state index in [0.29, 0.717) is 6.61 Å². The van der Waals surface area contributed by atoms with Gasteiger partial charge in [0.1, 0.15) is 6.61 Å². The van der Waals surface area contributed by atoms with Crippen LogP contribution in [0.1, 0.15) is 47.5 Å². The van der Waals surface area contributed by atoms with E-state index in [0.717, 1.165) is 24.0 Å². The Balaban J connectivity index is 4.20. The second kappa shape index (κ2) is 12.5. The van der Waals surface area contributed by atoms with Gasteiger partial charge in [0.2, 0.25) is 0 Å². The first kappa shape index (κ1) is 22.1. The Bertz CT molecular complexity index is 445. The number of phosphoric acid groups is 1. The topological polar surface area (TPSA) is 71.1 Å². The fourth-order valence-electron chi connectivity index (χ4n) is 1.62. The summed E-state index contributed by atoms with van der Waals surface area (Å²) in [5.41, 5.74) is 2.10. The Morgan fingerprint density at radius 3 is 2.09 bits per heavy atom. The fourth-order valence-corrected chi connectivity index (χ4v) is 2.84. The number of ether oxygens (including phenoxy) is 1. The molecule has 23 heavy (non-hydrogen) atoms. The zero-order valence-corrected chi connectivity index (χ0v) is 15.7. The van der Waals surface area contributed by atoms with Crippen LogP contribution >= 0.6 is 7.82 Å². The minimum atomic E-state index is -3.45. The predicted molar refractivity (Wildman–Crippen MR) is 90.2 cm³/mol. The molecule has 0 atom stereocenters. The summed E-state index contributed by atoms with van der Waals surface area (Å²) >= 11 is 0. The van der Waals surface area contributed by atoms with E-state index >= 15 is 0 Å². The van der Waals surface area contributed by atoms with Crippen molar-refractivity contribution < 1.29 is 27.7 Å². The maximum atomic E-state index is 12.1. The molecule has 0 aromatic heterocycles. The first-order chi connectivity index (χ1) is 10.8. The van der Waals surface area contributed by atoms with Crippen LogP contribution in [0.5, 0.6) is 0 Å². The summed E-state index contributed by atoms with van der Waals surface area (Å²) in [5.74, 6) is -0.282. The molecular weight excluding hydrogens is 319 g/mol. The molecule has 0 aromatic carbocycles. The van der Waals surface area contributed by atoms with Gasteiger partial charge in [0.05, 0.1) is 19.8 Å². The van der Waals surface area contributed by atoms with E-state index in [9.17, 15) is 9.36 Å². The molecule has 0 rings (SSSR count). The number of hydrogen-bond acceptors (Lipinski definition) is 6. The van der Waals surface area contributed by atoms with Crippen LogP contribution in [0.25, 0.3) is 0 Å². The van der Waals surface area contributed by atoms with Crippen LogP contribution in [0.4, 0.5) is 0 Å². The van der Waals surface area contributed by atoms with E-state index in [1.54, 1.807) is 13.8 Å². The minimum absolute atomic E-state index is 0.202. The Morgan fingerprint density at radius 2 is 1.57 bits per heavy atom. The zero-order chi connectivity index (χ0) is 17.7. The summed E-state index contributed by atoms with van der Waals surface area (Å²) in [6.45, 7) is 9.80. The summed E-state index contributed by atoms with van der Waals surface area (Å²) in [4.78, 5) is 10.7. The first-order valence-corrected chi connectivity index (χ1v) is 9.27. The normalized spacial score (nSPS) is 13.3. The molecule has 0 N–H and O–H groups in total. The second-order valence-electron chi connectivity index (χ2n) is 5.00. The summed E-state index contributed by atoms with van der Waals surface area (Å²) < 4.78 is 32.4. The third-order valence-corrected chi connectivity index (χ3v) is 4.37. The van der Waals surface area contributed by atoms with Crippen LogP contribution in [0, 0.1) is 0 Å². The van der Waals surface area contributed by atoms with Gasteiger partial charge in [-0.05, 0) is 46.6 Å². The van der Waals surface area contributed by atoms with Crippen LogP contribution < -0.4 is 0 Å². The van der Waals surface area contributed by atoms with E-state index in [2.05, 4.69) is 0 Å². The summed E-state index contributed by atoms with van der Waals surface area (Å²) in [7, 11) is -3.45. The molecule has 0 amide bonds. The van der Waals surface area contributed by atoms with Crippen molar-refractivity contribution >= 4 is 13.8 Å². The molecule has 0 radical (unpaired) electrons. The molecule has 7 heteroatoms. The van der Waals surface area contributed by atoms with Gasteiger partial charge in [0, 0.05) is 6.92 Å². The number of phosphoric ester groups is 1.